The average molecular weight is 299 g/mol. The molecule has 114 valence electrons. The number of nitrogens with one attached hydrogen (secondary N) is 1. The second-order valence-corrected chi connectivity index (χ2v) is 4.91. The Hall–Kier alpha value is -2.76. The number of carbonyl (C=O) groups is 1. The van der Waals surface area contributed by atoms with Crippen LogP contribution in [-0.2, 0) is 0 Å². The van der Waals surface area contributed by atoms with Gasteiger partial charge in [0.2, 0.25) is 0 Å². The van der Waals surface area contributed by atoms with Crippen LogP contribution in [0.25, 0.3) is 0 Å². The number of nitro groups is 1. The van der Waals surface area contributed by atoms with Crippen molar-refractivity contribution in [3.63, 3.8) is 0 Å². The van der Waals surface area contributed by atoms with E-state index in [1.54, 1.807) is 31.5 Å². The lowest BCUT2D eigenvalue weighted by Crippen LogP contribution is -2.09. The van der Waals surface area contributed by atoms with E-state index >= 15 is 0 Å². The van der Waals surface area contributed by atoms with Gasteiger partial charge in [0.25, 0.3) is 5.69 Å². The predicted molar refractivity (Wildman–Crippen MR) is 84.0 cm³/mol. The van der Waals surface area contributed by atoms with Gasteiger partial charge in [-0.2, -0.15) is 0 Å². The zero-order valence-electron chi connectivity index (χ0n) is 12.4. The number of nitrogens with zero attached hydrogens (tertiary/aromatic N) is 2. The fraction of sp³-hybridized carbons (Fsp3) is 0.250. The zero-order chi connectivity index (χ0) is 16.1. The molecule has 1 aromatic carbocycles. The van der Waals surface area contributed by atoms with Gasteiger partial charge in [-0.1, -0.05) is 6.92 Å². The third kappa shape index (κ3) is 3.46. The topological polar surface area (TPSA) is 85.1 Å². The van der Waals surface area contributed by atoms with Crippen molar-refractivity contribution in [2.75, 3.05) is 5.32 Å². The Kier molecular flexibility index (Phi) is 4.83. The average Bonchev–Trinajstić information content (AvgIpc) is 2.55. The summed E-state index contributed by atoms with van der Waals surface area (Å²) >= 11 is 0. The number of hydrogen-bond acceptors (Lipinski definition) is 5. The summed E-state index contributed by atoms with van der Waals surface area (Å²) in [6, 6.07) is 8.10. The van der Waals surface area contributed by atoms with Gasteiger partial charge in [-0.3, -0.25) is 19.9 Å². The van der Waals surface area contributed by atoms with Gasteiger partial charge in [0, 0.05) is 36.5 Å². The minimum atomic E-state index is -0.478. The number of ketones is 1. The van der Waals surface area contributed by atoms with E-state index in [1.165, 1.54) is 6.07 Å². The van der Waals surface area contributed by atoms with Gasteiger partial charge in [-0.25, -0.2) is 0 Å². The number of hydrogen-bond donors (Lipinski definition) is 1. The van der Waals surface area contributed by atoms with Gasteiger partial charge in [-0.15, -0.1) is 0 Å². The first-order valence-electron chi connectivity index (χ1n) is 7.01. The standard InChI is InChI=1S/C16H17N3O3/c1-3-16(20)13-4-5-14(15(10-13)19(21)22)18-11(2)12-6-8-17-9-7-12/h4-11,18H,3H2,1-2H3. The van der Waals surface area contributed by atoms with Crippen molar-refractivity contribution in [1.29, 1.82) is 0 Å². The maximum Gasteiger partial charge on any atom is 0.293 e. The van der Waals surface area contributed by atoms with E-state index in [2.05, 4.69) is 10.3 Å². The summed E-state index contributed by atoms with van der Waals surface area (Å²) in [5.74, 6) is -0.114. The molecule has 0 aliphatic heterocycles. The molecule has 22 heavy (non-hydrogen) atoms. The summed E-state index contributed by atoms with van der Waals surface area (Å²) in [7, 11) is 0. The van der Waals surface area contributed by atoms with Crippen LogP contribution in [0.1, 0.15) is 42.2 Å². The summed E-state index contributed by atoms with van der Waals surface area (Å²) in [5.41, 5.74) is 1.62. The fourth-order valence-corrected chi connectivity index (χ4v) is 2.15. The molecule has 0 spiro atoms. The molecule has 0 aliphatic carbocycles. The lowest BCUT2D eigenvalue weighted by atomic mass is 10.1. The molecule has 0 saturated heterocycles. The van der Waals surface area contributed by atoms with Crippen LogP contribution in [-0.4, -0.2) is 15.7 Å². The Morgan fingerprint density at radius 1 is 1.32 bits per heavy atom. The van der Waals surface area contributed by atoms with Gasteiger partial charge in [0.1, 0.15) is 5.69 Å². The Balaban J connectivity index is 2.31. The first-order chi connectivity index (χ1) is 10.5. The van der Waals surface area contributed by atoms with Gasteiger partial charge in [0.05, 0.1) is 4.92 Å². The highest BCUT2D eigenvalue weighted by Crippen LogP contribution is 2.29. The number of carbonyl (C=O) groups excluding carboxylic acids is 1. The van der Waals surface area contributed by atoms with Crippen molar-refractivity contribution in [2.45, 2.75) is 26.3 Å². The lowest BCUT2D eigenvalue weighted by Gasteiger charge is -2.15. The SMILES string of the molecule is CCC(=O)c1ccc(NC(C)c2ccncc2)c([N+](=O)[O-])c1. The first kappa shape index (κ1) is 15.6. The summed E-state index contributed by atoms with van der Waals surface area (Å²) in [6.07, 6.45) is 3.66. The maximum absolute atomic E-state index is 11.7. The van der Waals surface area contributed by atoms with E-state index in [0.29, 0.717) is 17.7 Å². The van der Waals surface area contributed by atoms with Crippen LogP contribution in [0, 0.1) is 10.1 Å². The molecule has 1 aromatic heterocycles. The lowest BCUT2D eigenvalue weighted by molar-refractivity contribution is -0.384. The highest BCUT2D eigenvalue weighted by molar-refractivity contribution is 5.97. The molecule has 0 bridgehead atoms. The molecule has 0 amide bonds. The fourth-order valence-electron chi connectivity index (χ4n) is 2.15. The molecule has 0 aliphatic rings. The molecule has 0 saturated carbocycles. The third-order valence-corrected chi connectivity index (χ3v) is 3.42. The highest BCUT2D eigenvalue weighted by atomic mass is 16.6. The van der Waals surface area contributed by atoms with E-state index < -0.39 is 4.92 Å². The normalized spacial score (nSPS) is 11.7. The number of nitro benzene ring substituents is 1. The minimum Gasteiger partial charge on any atom is -0.373 e. The third-order valence-electron chi connectivity index (χ3n) is 3.42. The highest BCUT2D eigenvalue weighted by Gasteiger charge is 2.18. The maximum atomic E-state index is 11.7. The molecule has 0 radical (unpaired) electrons. The van der Waals surface area contributed by atoms with Gasteiger partial charge in [0.15, 0.2) is 5.78 Å². The predicted octanol–water partition coefficient (Wildman–Crippen LogP) is 3.76. The van der Waals surface area contributed by atoms with Crippen LogP contribution < -0.4 is 5.32 Å². The van der Waals surface area contributed by atoms with E-state index in [9.17, 15) is 14.9 Å². The van der Waals surface area contributed by atoms with Crippen LogP contribution >= 0.6 is 0 Å². The molecule has 1 atom stereocenters. The van der Waals surface area contributed by atoms with E-state index in [1.807, 2.05) is 19.1 Å². The summed E-state index contributed by atoms with van der Waals surface area (Å²) in [5, 5.41) is 14.4. The number of pyridine rings is 1. The van der Waals surface area contributed by atoms with Crippen molar-refractivity contribution < 1.29 is 9.72 Å². The van der Waals surface area contributed by atoms with Crippen LogP contribution in [0.15, 0.2) is 42.7 Å². The quantitative estimate of drug-likeness (QED) is 0.498. The van der Waals surface area contributed by atoms with Crippen LogP contribution in [0.5, 0.6) is 0 Å². The summed E-state index contributed by atoms with van der Waals surface area (Å²) in [6.45, 7) is 3.63. The van der Waals surface area contributed by atoms with Crippen molar-refractivity contribution in [2.24, 2.45) is 0 Å². The first-order valence-corrected chi connectivity index (χ1v) is 7.01. The molecule has 1 unspecified atom stereocenters. The Labute approximate surface area is 128 Å². The van der Waals surface area contributed by atoms with Gasteiger partial charge in [-0.05, 0) is 36.8 Å². The molecular formula is C16H17N3O3. The van der Waals surface area contributed by atoms with Gasteiger partial charge < -0.3 is 5.32 Å². The van der Waals surface area contributed by atoms with Crippen molar-refractivity contribution in [3.05, 3.63) is 64.0 Å². The van der Waals surface area contributed by atoms with Crippen molar-refractivity contribution in [1.82, 2.24) is 4.98 Å². The molecule has 1 N–H and O–H groups in total. The zero-order valence-corrected chi connectivity index (χ0v) is 12.4. The molecule has 2 aromatic rings. The second-order valence-electron chi connectivity index (χ2n) is 4.91. The largest absolute Gasteiger partial charge is 0.373 e. The molecule has 0 fully saturated rings. The summed E-state index contributed by atoms with van der Waals surface area (Å²) in [4.78, 5) is 26.4. The molecule has 2 rings (SSSR count). The molecular weight excluding hydrogens is 282 g/mol. The summed E-state index contributed by atoms with van der Waals surface area (Å²) < 4.78 is 0. The van der Waals surface area contributed by atoms with E-state index in [0.717, 1.165) is 5.56 Å². The van der Waals surface area contributed by atoms with Crippen molar-refractivity contribution in [3.8, 4) is 0 Å². The monoisotopic (exact) mass is 299 g/mol. The number of benzene rings is 1. The molecule has 6 nitrogen and oxygen atoms in total. The van der Waals surface area contributed by atoms with Crippen LogP contribution in [0.2, 0.25) is 0 Å². The number of rotatable bonds is 6. The number of aromatic nitrogens is 1. The van der Waals surface area contributed by atoms with Crippen LogP contribution in [0.3, 0.4) is 0 Å². The molecule has 1 heterocycles. The number of Topliss-reactive ketones (excluding diaryl/α,β-unsaturated/α-hetero) is 1. The second kappa shape index (κ2) is 6.80. The van der Waals surface area contributed by atoms with Crippen LogP contribution in [0.4, 0.5) is 11.4 Å². The molecule has 6 heteroatoms. The Morgan fingerprint density at radius 3 is 2.59 bits per heavy atom. The smallest absolute Gasteiger partial charge is 0.293 e. The van der Waals surface area contributed by atoms with E-state index in [-0.39, 0.29) is 17.5 Å². The Bertz CT molecular complexity index is 686. The van der Waals surface area contributed by atoms with Gasteiger partial charge >= 0.3 is 0 Å². The number of anilines is 1. The Morgan fingerprint density at radius 2 is 2.00 bits per heavy atom. The van der Waals surface area contributed by atoms with E-state index in [4.69, 9.17) is 0 Å². The minimum absolute atomic E-state index is 0.0970. The van der Waals surface area contributed by atoms with Crippen molar-refractivity contribution >= 4 is 17.2 Å².